The Morgan fingerprint density at radius 2 is 1.74 bits per heavy atom. The van der Waals surface area contributed by atoms with Gasteiger partial charge in [-0.3, -0.25) is 4.68 Å². The highest BCUT2D eigenvalue weighted by Crippen LogP contribution is 2.11. The third kappa shape index (κ3) is 3.22. The van der Waals surface area contributed by atoms with Gasteiger partial charge in [0, 0.05) is 31.4 Å². The lowest BCUT2D eigenvalue weighted by atomic mass is 10.1. The molecule has 1 heterocycles. The van der Waals surface area contributed by atoms with Gasteiger partial charge >= 0.3 is 0 Å². The Morgan fingerprint density at radius 3 is 2.26 bits per heavy atom. The number of nitrogens with zero attached hydrogens (tertiary/aromatic N) is 2. The van der Waals surface area contributed by atoms with Crippen LogP contribution in [0.15, 0.2) is 24.3 Å². The lowest BCUT2D eigenvalue weighted by Crippen LogP contribution is -2.14. The summed E-state index contributed by atoms with van der Waals surface area (Å²) in [5, 5.41) is 16.8. The number of hydrogen-bond donors (Lipinski definition) is 2. The zero-order valence-corrected chi connectivity index (χ0v) is 11.8. The Morgan fingerprint density at radius 1 is 1.11 bits per heavy atom. The minimum absolute atomic E-state index is 0.0990. The average molecular weight is 259 g/mol. The number of aliphatic hydroxyl groups excluding tert-OH is 1. The van der Waals surface area contributed by atoms with E-state index in [1.807, 2.05) is 42.9 Å². The first kappa shape index (κ1) is 13.8. The van der Waals surface area contributed by atoms with Crippen molar-refractivity contribution in [2.75, 3.05) is 0 Å². The summed E-state index contributed by atoms with van der Waals surface area (Å²) in [4.78, 5) is 0. The van der Waals surface area contributed by atoms with Crippen LogP contribution < -0.4 is 5.32 Å². The van der Waals surface area contributed by atoms with Crippen LogP contribution in [0.25, 0.3) is 0 Å². The number of benzene rings is 1. The Labute approximate surface area is 114 Å². The summed E-state index contributed by atoms with van der Waals surface area (Å²) in [7, 11) is 1.97. The van der Waals surface area contributed by atoms with Gasteiger partial charge in [-0.15, -0.1) is 0 Å². The molecule has 0 aliphatic rings. The van der Waals surface area contributed by atoms with Crippen LogP contribution in [0.3, 0.4) is 0 Å². The maximum absolute atomic E-state index is 8.99. The summed E-state index contributed by atoms with van der Waals surface area (Å²) in [5.41, 5.74) is 5.73. The fourth-order valence-electron chi connectivity index (χ4n) is 2.17. The molecule has 2 rings (SSSR count). The van der Waals surface area contributed by atoms with Crippen molar-refractivity contribution in [1.29, 1.82) is 0 Å². The summed E-state index contributed by atoms with van der Waals surface area (Å²) in [6.45, 7) is 5.88. The molecule has 0 amide bonds. The molecule has 0 unspecified atom stereocenters. The highest BCUT2D eigenvalue weighted by molar-refractivity contribution is 5.25. The number of aromatic nitrogens is 2. The number of rotatable bonds is 5. The molecule has 2 N–H and O–H groups in total. The molecule has 0 saturated carbocycles. The fourth-order valence-corrected chi connectivity index (χ4v) is 2.17. The standard InChI is InChI=1S/C15H21N3O/c1-11-15(12(2)18(3)17-11)9-16-8-13-4-6-14(10-19)7-5-13/h4-7,16,19H,8-10H2,1-3H3. The van der Waals surface area contributed by atoms with Crippen LogP contribution in [-0.4, -0.2) is 14.9 Å². The van der Waals surface area contributed by atoms with Gasteiger partial charge in [-0.1, -0.05) is 24.3 Å². The molecular formula is C15H21N3O. The lowest BCUT2D eigenvalue weighted by Gasteiger charge is -2.06. The number of aliphatic hydroxyl groups is 1. The van der Waals surface area contributed by atoms with Gasteiger partial charge in [0.2, 0.25) is 0 Å². The first-order valence-corrected chi connectivity index (χ1v) is 6.50. The van der Waals surface area contributed by atoms with Crippen molar-refractivity contribution in [3.63, 3.8) is 0 Å². The third-order valence-electron chi connectivity index (χ3n) is 3.50. The molecule has 0 aliphatic carbocycles. The van der Waals surface area contributed by atoms with Crippen molar-refractivity contribution in [2.45, 2.75) is 33.5 Å². The van der Waals surface area contributed by atoms with Gasteiger partial charge in [0.25, 0.3) is 0 Å². The van der Waals surface area contributed by atoms with E-state index in [2.05, 4.69) is 17.3 Å². The Kier molecular flexibility index (Phi) is 4.35. The molecule has 2 aromatic rings. The van der Waals surface area contributed by atoms with E-state index in [0.717, 1.165) is 24.3 Å². The van der Waals surface area contributed by atoms with Crippen molar-refractivity contribution < 1.29 is 5.11 Å². The van der Waals surface area contributed by atoms with Gasteiger partial charge in [0.1, 0.15) is 0 Å². The topological polar surface area (TPSA) is 50.1 Å². The Hall–Kier alpha value is -1.65. The van der Waals surface area contributed by atoms with Crippen LogP contribution in [0.1, 0.15) is 28.1 Å². The second-order valence-electron chi connectivity index (χ2n) is 4.85. The van der Waals surface area contributed by atoms with Gasteiger partial charge in [-0.2, -0.15) is 5.10 Å². The molecular weight excluding hydrogens is 238 g/mol. The zero-order chi connectivity index (χ0) is 13.8. The van der Waals surface area contributed by atoms with E-state index in [1.54, 1.807) is 0 Å². The second-order valence-corrected chi connectivity index (χ2v) is 4.85. The second kappa shape index (κ2) is 5.99. The van der Waals surface area contributed by atoms with E-state index in [-0.39, 0.29) is 6.61 Å². The maximum atomic E-state index is 8.99. The molecule has 0 fully saturated rings. The van der Waals surface area contributed by atoms with Gasteiger partial charge < -0.3 is 10.4 Å². The smallest absolute Gasteiger partial charge is 0.0681 e. The van der Waals surface area contributed by atoms with Crippen molar-refractivity contribution in [2.24, 2.45) is 7.05 Å². The van der Waals surface area contributed by atoms with Crippen molar-refractivity contribution in [3.8, 4) is 0 Å². The predicted octanol–water partition coefficient (Wildman–Crippen LogP) is 1.82. The minimum Gasteiger partial charge on any atom is -0.392 e. The van der Waals surface area contributed by atoms with E-state index >= 15 is 0 Å². The molecule has 0 bridgehead atoms. The van der Waals surface area contributed by atoms with Crippen molar-refractivity contribution >= 4 is 0 Å². The van der Waals surface area contributed by atoms with Gasteiger partial charge in [-0.05, 0) is 25.0 Å². The van der Waals surface area contributed by atoms with Crippen molar-refractivity contribution in [1.82, 2.24) is 15.1 Å². The fraction of sp³-hybridized carbons (Fsp3) is 0.400. The number of hydrogen-bond acceptors (Lipinski definition) is 3. The van der Waals surface area contributed by atoms with E-state index < -0.39 is 0 Å². The lowest BCUT2D eigenvalue weighted by molar-refractivity contribution is 0.282. The highest BCUT2D eigenvalue weighted by atomic mass is 16.3. The molecule has 1 aromatic carbocycles. The van der Waals surface area contributed by atoms with E-state index in [9.17, 15) is 0 Å². The molecule has 0 spiro atoms. The van der Waals surface area contributed by atoms with Crippen LogP contribution in [0.5, 0.6) is 0 Å². The number of nitrogens with one attached hydrogen (secondary N) is 1. The summed E-state index contributed by atoms with van der Waals surface area (Å²) in [6, 6.07) is 8.00. The van der Waals surface area contributed by atoms with Crippen LogP contribution in [-0.2, 0) is 26.7 Å². The molecule has 1 aromatic heterocycles. The largest absolute Gasteiger partial charge is 0.392 e. The SMILES string of the molecule is Cc1nn(C)c(C)c1CNCc1ccc(CO)cc1. The number of aryl methyl sites for hydroxylation is 2. The zero-order valence-electron chi connectivity index (χ0n) is 11.8. The first-order chi connectivity index (χ1) is 9.11. The molecule has 0 saturated heterocycles. The monoisotopic (exact) mass is 259 g/mol. The quantitative estimate of drug-likeness (QED) is 0.861. The molecule has 102 valence electrons. The molecule has 0 radical (unpaired) electrons. The Bertz CT molecular complexity index is 543. The van der Waals surface area contributed by atoms with Crippen LogP contribution in [0, 0.1) is 13.8 Å². The van der Waals surface area contributed by atoms with Crippen molar-refractivity contribution in [3.05, 3.63) is 52.3 Å². The maximum Gasteiger partial charge on any atom is 0.0681 e. The summed E-state index contributed by atoms with van der Waals surface area (Å²) < 4.78 is 1.92. The first-order valence-electron chi connectivity index (χ1n) is 6.50. The molecule has 19 heavy (non-hydrogen) atoms. The summed E-state index contributed by atoms with van der Waals surface area (Å²) in [5.74, 6) is 0. The third-order valence-corrected chi connectivity index (χ3v) is 3.50. The minimum atomic E-state index is 0.0990. The predicted molar refractivity (Wildman–Crippen MR) is 75.6 cm³/mol. The molecule has 0 aliphatic heterocycles. The van der Waals surface area contributed by atoms with Crippen LogP contribution in [0.2, 0.25) is 0 Å². The molecule has 0 atom stereocenters. The highest BCUT2D eigenvalue weighted by Gasteiger charge is 2.08. The van der Waals surface area contributed by atoms with Crippen LogP contribution in [0.4, 0.5) is 0 Å². The van der Waals surface area contributed by atoms with Gasteiger partial charge in [-0.25, -0.2) is 0 Å². The summed E-state index contributed by atoms with van der Waals surface area (Å²) in [6.07, 6.45) is 0. The molecule has 4 heteroatoms. The average Bonchev–Trinajstić information content (AvgIpc) is 2.66. The Balaban J connectivity index is 1.92. The summed E-state index contributed by atoms with van der Waals surface area (Å²) >= 11 is 0. The normalized spacial score (nSPS) is 10.9. The van der Waals surface area contributed by atoms with E-state index in [1.165, 1.54) is 16.8 Å². The van der Waals surface area contributed by atoms with E-state index in [4.69, 9.17) is 5.11 Å². The van der Waals surface area contributed by atoms with Crippen LogP contribution >= 0.6 is 0 Å². The van der Waals surface area contributed by atoms with Gasteiger partial charge in [0.15, 0.2) is 0 Å². The van der Waals surface area contributed by atoms with E-state index in [0.29, 0.717) is 0 Å². The molecule has 4 nitrogen and oxygen atoms in total. The van der Waals surface area contributed by atoms with Gasteiger partial charge in [0.05, 0.1) is 12.3 Å².